The van der Waals surface area contributed by atoms with Crippen molar-refractivity contribution in [3.8, 4) is 5.69 Å². The third-order valence-corrected chi connectivity index (χ3v) is 2.87. The van der Waals surface area contributed by atoms with Crippen molar-refractivity contribution in [1.29, 1.82) is 0 Å². The molecule has 2 rings (SSSR count). The van der Waals surface area contributed by atoms with E-state index in [0.717, 1.165) is 0 Å². The Bertz CT molecular complexity index is 656. The first-order valence-electron chi connectivity index (χ1n) is 5.77. The molecule has 0 aliphatic heterocycles. The van der Waals surface area contributed by atoms with E-state index in [9.17, 15) is 14.0 Å². The number of carbonyl (C=O) groups is 1. The molecule has 1 aromatic carbocycles. The quantitative estimate of drug-likeness (QED) is 0.881. The van der Waals surface area contributed by atoms with Crippen LogP contribution in [0, 0.1) is 12.7 Å². The van der Waals surface area contributed by atoms with Crippen molar-refractivity contribution in [1.82, 2.24) is 9.78 Å². The molecule has 19 heavy (non-hydrogen) atoms. The lowest BCUT2D eigenvalue weighted by atomic mass is 10.1. The number of aromatic amines is 1. The number of rotatable bonds is 4. The molecule has 0 atom stereocenters. The molecule has 0 unspecified atom stereocenters. The molecule has 0 amide bonds. The molecule has 0 aliphatic carbocycles. The highest BCUT2D eigenvalue weighted by Gasteiger charge is 2.13. The van der Waals surface area contributed by atoms with Crippen molar-refractivity contribution < 1.29 is 14.3 Å². The average molecular weight is 264 g/mol. The maximum absolute atomic E-state index is 12.8. The number of nitrogens with one attached hydrogen (secondary N) is 1. The van der Waals surface area contributed by atoms with Crippen molar-refractivity contribution in [2.24, 2.45) is 0 Å². The number of carboxylic acids is 1. The zero-order valence-corrected chi connectivity index (χ0v) is 10.3. The summed E-state index contributed by atoms with van der Waals surface area (Å²) in [6.07, 6.45) is 0.0715. The molecule has 100 valence electrons. The van der Waals surface area contributed by atoms with Gasteiger partial charge in [-0.15, -0.1) is 0 Å². The summed E-state index contributed by atoms with van der Waals surface area (Å²) in [7, 11) is 0. The fourth-order valence-electron chi connectivity index (χ4n) is 1.88. The van der Waals surface area contributed by atoms with Crippen LogP contribution in [0.1, 0.15) is 17.7 Å². The van der Waals surface area contributed by atoms with E-state index < -0.39 is 5.97 Å². The van der Waals surface area contributed by atoms with Crippen molar-refractivity contribution in [2.75, 3.05) is 0 Å². The van der Waals surface area contributed by atoms with E-state index in [4.69, 9.17) is 5.11 Å². The van der Waals surface area contributed by atoms with Crippen molar-refractivity contribution in [3.63, 3.8) is 0 Å². The van der Waals surface area contributed by atoms with E-state index in [1.165, 1.54) is 28.9 Å². The fourth-order valence-corrected chi connectivity index (χ4v) is 1.88. The number of halogens is 1. The zero-order valence-electron chi connectivity index (χ0n) is 10.3. The van der Waals surface area contributed by atoms with Gasteiger partial charge in [-0.05, 0) is 37.6 Å². The number of aryl methyl sites for hydroxylation is 1. The first-order valence-corrected chi connectivity index (χ1v) is 5.77. The predicted molar refractivity (Wildman–Crippen MR) is 67.0 cm³/mol. The summed E-state index contributed by atoms with van der Waals surface area (Å²) in [5, 5.41) is 11.5. The van der Waals surface area contributed by atoms with Crippen LogP contribution < -0.4 is 5.56 Å². The van der Waals surface area contributed by atoms with Crippen LogP contribution >= 0.6 is 0 Å². The van der Waals surface area contributed by atoms with Crippen molar-refractivity contribution >= 4 is 5.97 Å². The molecule has 0 fully saturated rings. The number of hydrogen-bond donors (Lipinski definition) is 2. The van der Waals surface area contributed by atoms with Gasteiger partial charge in [-0.25, -0.2) is 9.07 Å². The Kier molecular flexibility index (Phi) is 3.50. The number of benzene rings is 1. The van der Waals surface area contributed by atoms with Gasteiger partial charge in [0.1, 0.15) is 5.82 Å². The second-order valence-electron chi connectivity index (χ2n) is 4.23. The van der Waals surface area contributed by atoms with Crippen LogP contribution in [0.15, 0.2) is 29.1 Å². The third-order valence-electron chi connectivity index (χ3n) is 2.87. The predicted octanol–water partition coefficient (Wildman–Crippen LogP) is 1.63. The molecule has 0 bridgehead atoms. The first-order chi connectivity index (χ1) is 8.99. The molecule has 5 nitrogen and oxygen atoms in total. The standard InChI is InChI=1S/C13H13FN2O3/c1-8-11(6-7-12(17)18)13(19)16(15-8)10-4-2-9(14)3-5-10/h2-5,15H,6-7H2,1H3,(H,17,18). The van der Waals surface area contributed by atoms with E-state index in [1.54, 1.807) is 6.92 Å². The van der Waals surface area contributed by atoms with Gasteiger partial charge in [0.05, 0.1) is 5.69 Å². The smallest absolute Gasteiger partial charge is 0.303 e. The summed E-state index contributed by atoms with van der Waals surface area (Å²) in [5.74, 6) is -1.33. The van der Waals surface area contributed by atoms with E-state index in [2.05, 4.69) is 5.10 Å². The van der Waals surface area contributed by atoms with Crippen LogP contribution in [-0.2, 0) is 11.2 Å². The Morgan fingerprint density at radius 1 is 1.37 bits per heavy atom. The molecule has 1 aromatic heterocycles. The molecule has 6 heteroatoms. The van der Waals surface area contributed by atoms with Crippen molar-refractivity contribution in [2.45, 2.75) is 19.8 Å². The molecule has 2 N–H and O–H groups in total. The molecule has 0 spiro atoms. The van der Waals surface area contributed by atoms with Gasteiger partial charge >= 0.3 is 5.97 Å². The number of nitrogens with zero attached hydrogens (tertiary/aromatic N) is 1. The van der Waals surface area contributed by atoms with Gasteiger partial charge in [-0.1, -0.05) is 0 Å². The number of hydrogen-bond acceptors (Lipinski definition) is 2. The molecule has 0 aliphatic rings. The maximum atomic E-state index is 12.8. The number of carboxylic acid groups (broad SMARTS) is 1. The monoisotopic (exact) mass is 264 g/mol. The highest BCUT2D eigenvalue weighted by Crippen LogP contribution is 2.09. The van der Waals surface area contributed by atoms with E-state index in [-0.39, 0.29) is 24.2 Å². The van der Waals surface area contributed by atoms with Gasteiger partial charge in [-0.3, -0.25) is 14.7 Å². The van der Waals surface area contributed by atoms with Crippen LogP contribution in [-0.4, -0.2) is 20.9 Å². The highest BCUT2D eigenvalue weighted by atomic mass is 19.1. The summed E-state index contributed by atoms with van der Waals surface area (Å²) < 4.78 is 14.1. The minimum atomic E-state index is -0.951. The summed E-state index contributed by atoms with van der Waals surface area (Å²) in [6.45, 7) is 1.71. The van der Waals surface area contributed by atoms with E-state index >= 15 is 0 Å². The molecular weight excluding hydrogens is 251 g/mol. The van der Waals surface area contributed by atoms with Gasteiger partial charge < -0.3 is 5.11 Å². The van der Waals surface area contributed by atoms with Crippen LogP contribution in [0.5, 0.6) is 0 Å². The van der Waals surface area contributed by atoms with E-state index in [0.29, 0.717) is 16.9 Å². The maximum Gasteiger partial charge on any atom is 0.303 e. The molecule has 2 aromatic rings. The Morgan fingerprint density at radius 2 is 2.00 bits per heavy atom. The van der Waals surface area contributed by atoms with Crippen LogP contribution in [0.25, 0.3) is 5.69 Å². The summed E-state index contributed by atoms with van der Waals surface area (Å²) in [5.41, 5.74) is 1.27. The van der Waals surface area contributed by atoms with Crippen LogP contribution in [0.3, 0.4) is 0 Å². The SMILES string of the molecule is Cc1[nH]n(-c2ccc(F)cc2)c(=O)c1CCC(=O)O. The molecule has 0 saturated heterocycles. The third kappa shape index (κ3) is 2.73. The Hall–Kier alpha value is -2.37. The molecule has 0 radical (unpaired) electrons. The number of H-pyrrole nitrogens is 1. The molecule has 1 heterocycles. The van der Waals surface area contributed by atoms with Gasteiger partial charge in [0.25, 0.3) is 5.56 Å². The van der Waals surface area contributed by atoms with Gasteiger partial charge in [-0.2, -0.15) is 0 Å². The minimum Gasteiger partial charge on any atom is -0.481 e. The van der Waals surface area contributed by atoms with Gasteiger partial charge in [0, 0.05) is 17.7 Å². The summed E-state index contributed by atoms with van der Waals surface area (Å²) in [4.78, 5) is 22.7. The average Bonchev–Trinajstić information content (AvgIpc) is 2.63. The lowest BCUT2D eigenvalue weighted by molar-refractivity contribution is -0.136. The Morgan fingerprint density at radius 3 is 2.58 bits per heavy atom. The fraction of sp³-hybridized carbons (Fsp3) is 0.231. The lowest BCUT2D eigenvalue weighted by Crippen LogP contribution is -2.18. The highest BCUT2D eigenvalue weighted by molar-refractivity contribution is 5.67. The van der Waals surface area contributed by atoms with Crippen molar-refractivity contribution in [3.05, 3.63) is 51.7 Å². The summed E-state index contributed by atoms with van der Waals surface area (Å²) in [6, 6.07) is 5.48. The second-order valence-corrected chi connectivity index (χ2v) is 4.23. The summed E-state index contributed by atoms with van der Waals surface area (Å²) >= 11 is 0. The minimum absolute atomic E-state index is 0.0999. The first kappa shape index (κ1) is 13.1. The largest absolute Gasteiger partial charge is 0.481 e. The van der Waals surface area contributed by atoms with Gasteiger partial charge in [0.2, 0.25) is 0 Å². The topological polar surface area (TPSA) is 75.1 Å². The lowest BCUT2D eigenvalue weighted by Gasteiger charge is -2.00. The molecule has 0 saturated carbocycles. The Balaban J connectivity index is 2.38. The normalized spacial score (nSPS) is 10.6. The zero-order chi connectivity index (χ0) is 14.0. The Labute approximate surface area is 108 Å². The van der Waals surface area contributed by atoms with Crippen LogP contribution in [0.2, 0.25) is 0 Å². The van der Waals surface area contributed by atoms with E-state index in [1.807, 2.05) is 0 Å². The second kappa shape index (κ2) is 5.09. The van der Waals surface area contributed by atoms with Crippen LogP contribution in [0.4, 0.5) is 4.39 Å². The van der Waals surface area contributed by atoms with Gasteiger partial charge in [0.15, 0.2) is 0 Å². The molecular formula is C13H13FN2O3. The number of aromatic nitrogens is 2. The number of aliphatic carboxylic acids is 1.